The Hall–Kier alpha value is -1.23. The van der Waals surface area contributed by atoms with Crippen LogP contribution in [0.5, 0.6) is 0 Å². The fourth-order valence-electron chi connectivity index (χ4n) is 1.81. The third-order valence-corrected chi connectivity index (χ3v) is 3.28. The van der Waals surface area contributed by atoms with Gasteiger partial charge in [-0.1, -0.05) is 35.3 Å². The molecule has 1 heterocycles. The van der Waals surface area contributed by atoms with E-state index in [2.05, 4.69) is 9.97 Å². The van der Waals surface area contributed by atoms with Crippen LogP contribution in [0.4, 0.5) is 4.39 Å². The average molecular weight is 315 g/mol. The Morgan fingerprint density at radius 2 is 1.90 bits per heavy atom. The van der Waals surface area contributed by atoms with E-state index in [4.69, 9.17) is 27.9 Å². The molecule has 0 spiro atoms. The van der Waals surface area contributed by atoms with Crippen molar-refractivity contribution in [3.63, 3.8) is 0 Å². The molecule has 0 aliphatic rings. The van der Waals surface area contributed by atoms with Crippen LogP contribution < -0.4 is 0 Å². The van der Waals surface area contributed by atoms with Gasteiger partial charge in [0.25, 0.3) is 0 Å². The van der Waals surface area contributed by atoms with Crippen LogP contribution in [-0.4, -0.2) is 16.6 Å². The summed E-state index contributed by atoms with van der Waals surface area (Å²) in [6.45, 7) is 4.22. The smallest absolute Gasteiger partial charge is 0.160 e. The number of benzene rings is 1. The minimum absolute atomic E-state index is 0.178. The molecule has 0 fully saturated rings. The van der Waals surface area contributed by atoms with Gasteiger partial charge in [-0.15, -0.1) is 0 Å². The van der Waals surface area contributed by atoms with Gasteiger partial charge in [-0.3, -0.25) is 0 Å². The number of aromatic nitrogens is 2. The summed E-state index contributed by atoms with van der Waals surface area (Å²) in [5.41, 5.74) is 0.955. The molecule has 3 nitrogen and oxygen atoms in total. The molecule has 1 aromatic heterocycles. The van der Waals surface area contributed by atoms with Crippen molar-refractivity contribution < 1.29 is 9.13 Å². The van der Waals surface area contributed by atoms with Gasteiger partial charge < -0.3 is 4.74 Å². The van der Waals surface area contributed by atoms with E-state index in [9.17, 15) is 4.39 Å². The fraction of sp³-hybridized carbons (Fsp3) is 0.286. The second kappa shape index (κ2) is 6.48. The van der Waals surface area contributed by atoms with Crippen LogP contribution in [0.2, 0.25) is 10.3 Å². The molecule has 6 heteroatoms. The van der Waals surface area contributed by atoms with Crippen LogP contribution in [0.3, 0.4) is 0 Å². The SMILES string of the molecule is CCOC(C)c1nc(Cl)c(-c2cccc(F)c2)c(Cl)n1. The predicted octanol–water partition coefficient (Wildman–Crippen LogP) is 4.69. The van der Waals surface area contributed by atoms with E-state index in [1.807, 2.05) is 13.8 Å². The molecule has 0 aliphatic carbocycles. The highest BCUT2D eigenvalue weighted by molar-refractivity contribution is 6.37. The molecule has 0 saturated heterocycles. The summed E-state index contributed by atoms with van der Waals surface area (Å²) < 4.78 is 18.7. The molecule has 0 radical (unpaired) electrons. The molecular weight excluding hydrogens is 302 g/mol. The minimum Gasteiger partial charge on any atom is -0.371 e. The van der Waals surface area contributed by atoms with Gasteiger partial charge in [0.2, 0.25) is 0 Å². The Labute approximate surface area is 126 Å². The van der Waals surface area contributed by atoms with E-state index < -0.39 is 0 Å². The van der Waals surface area contributed by atoms with Crippen LogP contribution in [0, 0.1) is 5.82 Å². The lowest BCUT2D eigenvalue weighted by molar-refractivity contribution is 0.0701. The molecule has 2 aromatic rings. The molecule has 1 atom stereocenters. The lowest BCUT2D eigenvalue weighted by Crippen LogP contribution is -2.06. The molecule has 0 saturated carbocycles. The van der Waals surface area contributed by atoms with Crippen molar-refractivity contribution in [2.75, 3.05) is 6.61 Å². The van der Waals surface area contributed by atoms with Crippen molar-refractivity contribution in [1.29, 1.82) is 0 Å². The number of halogens is 3. The predicted molar refractivity (Wildman–Crippen MR) is 77.5 cm³/mol. The first-order chi connectivity index (χ1) is 9.52. The molecule has 106 valence electrons. The molecule has 1 unspecified atom stereocenters. The summed E-state index contributed by atoms with van der Waals surface area (Å²) in [6.07, 6.45) is -0.309. The van der Waals surface area contributed by atoms with E-state index in [0.29, 0.717) is 23.6 Å². The minimum atomic E-state index is -0.374. The molecule has 20 heavy (non-hydrogen) atoms. The summed E-state index contributed by atoms with van der Waals surface area (Å²) in [5, 5.41) is 0.356. The van der Waals surface area contributed by atoms with Gasteiger partial charge >= 0.3 is 0 Å². The van der Waals surface area contributed by atoms with Crippen molar-refractivity contribution >= 4 is 23.2 Å². The lowest BCUT2D eigenvalue weighted by Gasteiger charge is -2.13. The van der Waals surface area contributed by atoms with Gasteiger partial charge in [-0.25, -0.2) is 14.4 Å². The third-order valence-electron chi connectivity index (χ3n) is 2.73. The van der Waals surface area contributed by atoms with E-state index in [1.165, 1.54) is 12.1 Å². The number of ether oxygens (including phenoxy) is 1. The van der Waals surface area contributed by atoms with Gasteiger partial charge in [0.1, 0.15) is 22.2 Å². The van der Waals surface area contributed by atoms with Crippen LogP contribution in [0.15, 0.2) is 24.3 Å². The Morgan fingerprint density at radius 1 is 1.25 bits per heavy atom. The second-order valence-corrected chi connectivity index (χ2v) is 4.86. The van der Waals surface area contributed by atoms with Gasteiger partial charge in [0.15, 0.2) is 5.82 Å². The number of rotatable bonds is 4. The summed E-state index contributed by atoms with van der Waals surface area (Å²) in [5.74, 6) is 0.0309. The average Bonchev–Trinajstić information content (AvgIpc) is 2.38. The van der Waals surface area contributed by atoms with Gasteiger partial charge in [0.05, 0.1) is 5.56 Å². The van der Waals surface area contributed by atoms with Crippen molar-refractivity contribution in [2.45, 2.75) is 20.0 Å². The lowest BCUT2D eigenvalue weighted by atomic mass is 10.1. The monoisotopic (exact) mass is 314 g/mol. The molecule has 0 amide bonds. The van der Waals surface area contributed by atoms with E-state index in [0.717, 1.165) is 0 Å². The first-order valence-corrected chi connectivity index (χ1v) is 6.89. The summed E-state index contributed by atoms with van der Waals surface area (Å²) in [6, 6.07) is 5.96. The Bertz CT molecular complexity index is 599. The zero-order valence-corrected chi connectivity index (χ0v) is 12.5. The topological polar surface area (TPSA) is 35.0 Å². The molecule has 2 rings (SSSR count). The van der Waals surface area contributed by atoms with Gasteiger partial charge in [0, 0.05) is 6.61 Å². The van der Waals surface area contributed by atoms with Crippen molar-refractivity contribution in [3.8, 4) is 11.1 Å². The van der Waals surface area contributed by atoms with Gasteiger partial charge in [-0.2, -0.15) is 0 Å². The highest BCUT2D eigenvalue weighted by Gasteiger charge is 2.17. The van der Waals surface area contributed by atoms with Gasteiger partial charge in [-0.05, 0) is 31.5 Å². The van der Waals surface area contributed by atoms with E-state index in [-0.39, 0.29) is 22.2 Å². The number of nitrogens with zero attached hydrogens (tertiary/aromatic N) is 2. The summed E-state index contributed by atoms with van der Waals surface area (Å²) in [4.78, 5) is 8.36. The number of hydrogen-bond acceptors (Lipinski definition) is 3. The van der Waals surface area contributed by atoms with Crippen LogP contribution >= 0.6 is 23.2 Å². The second-order valence-electron chi connectivity index (χ2n) is 4.15. The Morgan fingerprint density at radius 3 is 2.45 bits per heavy atom. The molecule has 0 N–H and O–H groups in total. The maximum Gasteiger partial charge on any atom is 0.160 e. The summed E-state index contributed by atoms with van der Waals surface area (Å²) >= 11 is 12.3. The first-order valence-electron chi connectivity index (χ1n) is 6.13. The van der Waals surface area contributed by atoms with Crippen LogP contribution in [0.1, 0.15) is 25.8 Å². The highest BCUT2D eigenvalue weighted by atomic mass is 35.5. The van der Waals surface area contributed by atoms with E-state index in [1.54, 1.807) is 12.1 Å². The molecular formula is C14H13Cl2FN2O. The third kappa shape index (κ3) is 3.26. The van der Waals surface area contributed by atoms with Crippen LogP contribution in [-0.2, 0) is 4.74 Å². The largest absolute Gasteiger partial charge is 0.371 e. The molecule has 0 bridgehead atoms. The number of hydrogen-bond donors (Lipinski definition) is 0. The maximum atomic E-state index is 13.3. The fourth-order valence-corrected chi connectivity index (χ4v) is 2.43. The Balaban J connectivity index is 2.46. The quantitative estimate of drug-likeness (QED) is 0.768. The van der Waals surface area contributed by atoms with Crippen molar-refractivity contribution in [1.82, 2.24) is 9.97 Å². The van der Waals surface area contributed by atoms with Crippen molar-refractivity contribution in [3.05, 3.63) is 46.2 Å². The summed E-state index contributed by atoms with van der Waals surface area (Å²) in [7, 11) is 0. The first kappa shape index (κ1) is 15.2. The maximum absolute atomic E-state index is 13.3. The zero-order chi connectivity index (χ0) is 14.7. The molecule has 1 aromatic carbocycles. The normalized spacial score (nSPS) is 12.4. The highest BCUT2D eigenvalue weighted by Crippen LogP contribution is 2.33. The molecule has 0 aliphatic heterocycles. The van der Waals surface area contributed by atoms with E-state index >= 15 is 0 Å². The van der Waals surface area contributed by atoms with Crippen molar-refractivity contribution in [2.24, 2.45) is 0 Å². The van der Waals surface area contributed by atoms with Crippen LogP contribution in [0.25, 0.3) is 11.1 Å². The standard InChI is InChI=1S/C14H13Cl2FN2O/c1-3-20-8(2)14-18-12(15)11(13(16)19-14)9-5-4-6-10(17)7-9/h4-8H,3H2,1-2H3. The zero-order valence-electron chi connectivity index (χ0n) is 11.0. The Kier molecular flexibility index (Phi) is 4.91.